The van der Waals surface area contributed by atoms with Crippen LogP contribution in [0.1, 0.15) is 37.0 Å². The molecule has 3 N–H and O–H groups in total. The van der Waals surface area contributed by atoms with Crippen LogP contribution >= 0.6 is 67.8 Å². The van der Waals surface area contributed by atoms with Crippen LogP contribution in [0.3, 0.4) is 0 Å². The first-order chi connectivity index (χ1) is 17.6. The molecule has 0 radical (unpaired) electrons. The van der Waals surface area contributed by atoms with Gasteiger partial charge in [-0.1, -0.05) is 0 Å². The number of amides is 3. The topological polar surface area (TPSA) is 159 Å². The first-order valence-corrected chi connectivity index (χ1v) is 14.8. The lowest BCUT2D eigenvalue weighted by Crippen LogP contribution is -2.52. The highest BCUT2D eigenvalue weighted by atomic mass is 127. The van der Waals surface area contributed by atoms with Gasteiger partial charge >= 0.3 is 27.5 Å². The Morgan fingerprint density at radius 2 is 1.56 bits per heavy atom. The Morgan fingerprint density at radius 3 is 2.00 bits per heavy atom. The number of alkyl halides is 5. The fraction of sp³-hybridized carbons (Fsp3) is 0.474. The fourth-order valence-electron chi connectivity index (χ4n) is 2.76. The van der Waals surface area contributed by atoms with E-state index in [9.17, 15) is 49.5 Å². The molecule has 0 aliphatic rings. The molecule has 0 saturated carbocycles. The minimum absolute atomic E-state index is 0.0240. The van der Waals surface area contributed by atoms with Gasteiger partial charge in [0.1, 0.15) is 0 Å². The van der Waals surface area contributed by atoms with Crippen molar-refractivity contribution in [2.75, 3.05) is 23.8 Å². The van der Waals surface area contributed by atoms with Crippen molar-refractivity contribution in [3.05, 3.63) is 16.3 Å². The van der Waals surface area contributed by atoms with Crippen LogP contribution in [0.25, 0.3) is 0 Å². The molecule has 20 heteroatoms. The summed E-state index contributed by atoms with van der Waals surface area (Å²) in [4.78, 5) is 49.7. The van der Waals surface area contributed by atoms with Crippen LogP contribution in [0, 0.1) is 10.7 Å². The maximum absolute atomic E-state index is 13.5. The number of anilines is 2. The van der Waals surface area contributed by atoms with E-state index in [0.29, 0.717) is 12.8 Å². The number of nitrogens with one attached hydrogen (secondary N) is 2. The van der Waals surface area contributed by atoms with Crippen molar-refractivity contribution >= 4 is 113 Å². The lowest BCUT2D eigenvalue weighted by molar-refractivity contribution is -0.259. The van der Waals surface area contributed by atoms with Crippen molar-refractivity contribution in [2.24, 2.45) is 0 Å². The maximum Gasteiger partial charge on any atom is 0.432 e. The molecule has 0 aliphatic carbocycles. The van der Waals surface area contributed by atoms with Crippen LogP contribution in [-0.2, 0) is 29.2 Å². The molecule has 0 spiro atoms. The number of nitrogens with zero attached hydrogens (tertiary/aromatic N) is 1. The van der Waals surface area contributed by atoms with E-state index in [0.717, 1.165) is 0 Å². The van der Waals surface area contributed by atoms with Gasteiger partial charge in [0.25, 0.3) is 12.0 Å². The number of ether oxygens (including phenoxy) is 1. The van der Waals surface area contributed by atoms with E-state index in [2.05, 4.69) is 15.4 Å². The second-order valence-electron chi connectivity index (χ2n) is 7.61. The number of benzene rings is 1. The van der Waals surface area contributed by atoms with Crippen molar-refractivity contribution in [3.63, 3.8) is 0 Å². The van der Waals surface area contributed by atoms with Gasteiger partial charge in [-0.3, -0.25) is 23.7 Å². The van der Waals surface area contributed by atoms with Crippen LogP contribution in [-0.4, -0.2) is 67.8 Å². The summed E-state index contributed by atoms with van der Waals surface area (Å²) in [5, 5.41) is -0.886. The number of halogens is 8. The van der Waals surface area contributed by atoms with Gasteiger partial charge in [-0.2, -0.15) is 30.4 Å². The first kappa shape index (κ1) is 35.9. The summed E-state index contributed by atoms with van der Waals surface area (Å²) in [6.07, 6.45) is -11.8. The minimum Gasteiger partial charge on any atom is -0.445 e. The van der Waals surface area contributed by atoms with Crippen LogP contribution in [0.15, 0.2) is 0 Å². The van der Waals surface area contributed by atoms with Crippen molar-refractivity contribution < 1.29 is 58.8 Å². The first-order valence-electron chi connectivity index (χ1n) is 10.2. The summed E-state index contributed by atoms with van der Waals surface area (Å²) >= 11 is 5.50. The molecule has 1 aromatic carbocycles. The highest BCUT2D eigenvalue weighted by Crippen LogP contribution is 2.41. The third kappa shape index (κ3) is 8.92. The van der Waals surface area contributed by atoms with Gasteiger partial charge in [-0.15, -0.1) is 0 Å². The van der Waals surface area contributed by atoms with E-state index in [1.54, 1.807) is 22.6 Å². The molecule has 0 fully saturated rings. The number of carbonyl (C=O) groups excluding carboxylic acids is 4. The van der Waals surface area contributed by atoms with Gasteiger partial charge in [-0.25, -0.2) is 0 Å². The number of hydrogen-bond donors (Lipinski definition) is 3. The highest BCUT2D eigenvalue weighted by molar-refractivity contribution is 14.1. The SMILES string of the molecule is CC(=O)Nc1c(I)c(C(=O)NCCCC(=O)OC(C(F)(F)F)C(F)(F)S(=O)(=O)O)c(I)c(N(C)C(C)=O)c1I. The molecule has 11 nitrogen and oxygen atoms in total. The molecule has 220 valence electrons. The summed E-state index contributed by atoms with van der Waals surface area (Å²) < 4.78 is 100. The smallest absolute Gasteiger partial charge is 0.432 e. The van der Waals surface area contributed by atoms with Crippen LogP contribution in [0.4, 0.5) is 33.3 Å². The summed E-state index contributed by atoms with van der Waals surface area (Å²) in [6, 6.07) is 0. The van der Waals surface area contributed by atoms with Gasteiger partial charge in [-0.05, 0) is 74.2 Å². The Labute approximate surface area is 259 Å². The summed E-state index contributed by atoms with van der Waals surface area (Å²) in [5.41, 5.74) is 0.564. The Balaban J connectivity index is 3.11. The molecule has 0 heterocycles. The van der Waals surface area contributed by atoms with Crippen molar-refractivity contribution in [1.29, 1.82) is 0 Å². The van der Waals surface area contributed by atoms with E-state index >= 15 is 0 Å². The zero-order valence-corrected chi connectivity index (χ0v) is 27.2. The zero-order valence-electron chi connectivity index (χ0n) is 19.9. The summed E-state index contributed by atoms with van der Waals surface area (Å²) in [5.74, 6) is -3.48. The summed E-state index contributed by atoms with van der Waals surface area (Å²) in [6.45, 7) is 2.13. The summed E-state index contributed by atoms with van der Waals surface area (Å²) in [7, 11) is -5.13. The Bertz CT molecular complexity index is 1280. The molecule has 0 saturated heterocycles. The highest BCUT2D eigenvalue weighted by Gasteiger charge is 2.66. The van der Waals surface area contributed by atoms with E-state index in [-0.39, 0.29) is 27.3 Å². The molecular weight excluding hydrogens is 906 g/mol. The predicted molar refractivity (Wildman–Crippen MR) is 152 cm³/mol. The fourth-order valence-corrected chi connectivity index (χ4v) is 7.86. The molecule has 1 rings (SSSR count). The zero-order chi connectivity index (χ0) is 30.7. The van der Waals surface area contributed by atoms with Gasteiger partial charge in [0.15, 0.2) is 0 Å². The second-order valence-corrected chi connectivity index (χ2v) is 12.3. The number of rotatable bonds is 10. The predicted octanol–water partition coefficient (Wildman–Crippen LogP) is 3.91. The molecule has 0 aromatic heterocycles. The average molecular weight is 925 g/mol. The number of carbonyl (C=O) groups is 4. The molecule has 0 aliphatic heterocycles. The Kier molecular flexibility index (Phi) is 12.6. The molecule has 0 bridgehead atoms. The lowest BCUT2D eigenvalue weighted by Gasteiger charge is -2.26. The Hall–Kier alpha value is -1.15. The third-order valence-electron chi connectivity index (χ3n) is 4.67. The van der Waals surface area contributed by atoms with Crippen molar-refractivity contribution in [3.8, 4) is 0 Å². The van der Waals surface area contributed by atoms with E-state index < -0.39 is 58.3 Å². The molecule has 1 atom stereocenters. The van der Waals surface area contributed by atoms with Crippen molar-refractivity contribution in [1.82, 2.24) is 5.32 Å². The van der Waals surface area contributed by atoms with Crippen LogP contribution in [0.2, 0.25) is 0 Å². The largest absolute Gasteiger partial charge is 0.445 e. The van der Waals surface area contributed by atoms with Crippen LogP contribution < -0.4 is 15.5 Å². The third-order valence-corrected chi connectivity index (χ3v) is 8.75. The van der Waals surface area contributed by atoms with E-state index in [1.807, 2.05) is 45.2 Å². The molecule has 39 heavy (non-hydrogen) atoms. The molecular formula is C19H19F5I3N3O8S. The second kappa shape index (κ2) is 13.7. The van der Waals surface area contributed by atoms with Gasteiger partial charge in [0.05, 0.1) is 27.6 Å². The maximum atomic E-state index is 13.5. The quantitative estimate of drug-likeness (QED) is 0.105. The average Bonchev–Trinajstić information content (AvgIpc) is 2.76. The van der Waals surface area contributed by atoms with Crippen LogP contribution in [0.5, 0.6) is 0 Å². The van der Waals surface area contributed by atoms with Crippen molar-refractivity contribution in [2.45, 2.75) is 44.2 Å². The molecule has 1 aromatic rings. The standard InChI is InChI=1S/C19H19F5I3N3O8S/c1-7(31)29-14-11(25)10(12(26)15(13(14)27)30(3)8(2)32)16(34)28-6-4-5-9(33)38-17(18(20,21)22)19(23,24)39(35,36)37/h17H,4-6H2,1-3H3,(H,28,34)(H,29,31)(H,35,36,37). The minimum atomic E-state index is -6.58. The molecule has 3 amide bonds. The monoisotopic (exact) mass is 925 g/mol. The molecule has 1 unspecified atom stereocenters. The van der Waals surface area contributed by atoms with E-state index in [4.69, 9.17) is 4.55 Å². The van der Waals surface area contributed by atoms with E-state index in [1.165, 1.54) is 25.8 Å². The number of esters is 1. The van der Waals surface area contributed by atoms with Gasteiger partial charge in [0.2, 0.25) is 11.8 Å². The van der Waals surface area contributed by atoms with Gasteiger partial charge < -0.3 is 20.3 Å². The normalized spacial score (nSPS) is 12.9. The van der Waals surface area contributed by atoms with Gasteiger partial charge in [0, 0.05) is 33.9 Å². The Morgan fingerprint density at radius 1 is 1.03 bits per heavy atom. The lowest BCUT2D eigenvalue weighted by atomic mass is 10.1. The number of hydrogen-bond acceptors (Lipinski definition) is 7.